The average molecular weight is 238 g/mol. The first-order chi connectivity index (χ1) is 8.59. The van der Waals surface area contributed by atoms with E-state index in [-0.39, 0.29) is 0 Å². The van der Waals surface area contributed by atoms with Crippen LogP contribution in [0, 0.1) is 0 Å². The zero-order valence-electron chi connectivity index (χ0n) is 11.4. The fourth-order valence-electron chi connectivity index (χ4n) is 2.72. The average Bonchev–Trinajstić information content (AvgIpc) is 2.74. The summed E-state index contributed by atoms with van der Waals surface area (Å²) >= 11 is 0. The highest BCUT2D eigenvalue weighted by Crippen LogP contribution is 2.41. The molecule has 0 radical (unpaired) electrons. The number of anilines is 2. The summed E-state index contributed by atoms with van der Waals surface area (Å²) in [6.07, 6.45) is 4.41. The fourth-order valence-corrected chi connectivity index (χ4v) is 2.72. The van der Waals surface area contributed by atoms with Gasteiger partial charge in [-0.1, -0.05) is 24.3 Å². The standard InChI is InChI=1S/C16H18N2/c1-17(2)13-9-7-11-5-6-12-8-10-14(18(3)4)16(13)15(11)12/h5-10H,1-4H3. The maximum Gasteiger partial charge on any atom is 0.0462 e. The van der Waals surface area contributed by atoms with Crippen LogP contribution in [0.15, 0.2) is 24.3 Å². The lowest BCUT2D eigenvalue weighted by atomic mass is 10.00. The van der Waals surface area contributed by atoms with Crippen molar-refractivity contribution in [2.75, 3.05) is 38.0 Å². The Bertz CT molecular complexity index is 599. The lowest BCUT2D eigenvalue weighted by Gasteiger charge is -2.22. The second-order valence-corrected chi connectivity index (χ2v) is 5.22. The van der Waals surface area contributed by atoms with Crippen molar-refractivity contribution in [2.45, 2.75) is 0 Å². The zero-order valence-corrected chi connectivity index (χ0v) is 11.4. The van der Waals surface area contributed by atoms with Gasteiger partial charge in [-0.15, -0.1) is 0 Å². The molecule has 2 heteroatoms. The molecule has 0 heterocycles. The van der Waals surface area contributed by atoms with Gasteiger partial charge in [-0.25, -0.2) is 0 Å². The molecule has 2 aromatic carbocycles. The van der Waals surface area contributed by atoms with Crippen molar-refractivity contribution in [3.8, 4) is 0 Å². The van der Waals surface area contributed by atoms with Crippen molar-refractivity contribution < 1.29 is 0 Å². The molecule has 0 amide bonds. The van der Waals surface area contributed by atoms with Crippen molar-refractivity contribution >= 4 is 34.3 Å². The van der Waals surface area contributed by atoms with Crippen LogP contribution in [0.5, 0.6) is 0 Å². The van der Waals surface area contributed by atoms with Gasteiger partial charge < -0.3 is 9.80 Å². The van der Waals surface area contributed by atoms with Gasteiger partial charge in [0.05, 0.1) is 0 Å². The Morgan fingerprint density at radius 2 is 1.06 bits per heavy atom. The molecule has 0 N–H and O–H groups in total. The monoisotopic (exact) mass is 238 g/mol. The summed E-state index contributed by atoms with van der Waals surface area (Å²) in [5.74, 6) is 0. The van der Waals surface area contributed by atoms with E-state index in [2.05, 4.69) is 74.4 Å². The fraction of sp³-hybridized carbons (Fsp3) is 0.250. The lowest BCUT2D eigenvalue weighted by Crippen LogP contribution is -2.13. The summed E-state index contributed by atoms with van der Waals surface area (Å²) < 4.78 is 0. The molecule has 0 unspecified atom stereocenters. The topological polar surface area (TPSA) is 6.48 Å². The maximum absolute atomic E-state index is 2.21. The Morgan fingerprint density at radius 3 is 1.44 bits per heavy atom. The van der Waals surface area contributed by atoms with Gasteiger partial charge in [0, 0.05) is 50.3 Å². The molecular formula is C16H18N2. The van der Waals surface area contributed by atoms with E-state index < -0.39 is 0 Å². The Hall–Kier alpha value is -1.96. The molecule has 0 aliphatic heterocycles. The van der Waals surface area contributed by atoms with Crippen LogP contribution in [0.4, 0.5) is 11.4 Å². The minimum absolute atomic E-state index is 1.28. The molecular weight excluding hydrogens is 220 g/mol. The van der Waals surface area contributed by atoms with E-state index in [0.717, 1.165) is 0 Å². The van der Waals surface area contributed by atoms with Crippen LogP contribution in [0.2, 0.25) is 0 Å². The molecule has 0 spiro atoms. The molecule has 0 fully saturated rings. The van der Waals surface area contributed by atoms with Gasteiger partial charge in [-0.2, -0.15) is 0 Å². The van der Waals surface area contributed by atoms with Crippen molar-refractivity contribution in [3.05, 3.63) is 35.4 Å². The first-order valence-corrected chi connectivity index (χ1v) is 6.22. The first-order valence-electron chi connectivity index (χ1n) is 6.22. The van der Waals surface area contributed by atoms with Gasteiger partial charge in [0.2, 0.25) is 0 Å². The normalized spacial score (nSPS) is 12.2. The summed E-state index contributed by atoms with van der Waals surface area (Å²) in [6, 6.07) is 8.85. The minimum Gasteiger partial charge on any atom is -0.377 e. The van der Waals surface area contributed by atoms with Gasteiger partial charge in [0.1, 0.15) is 0 Å². The SMILES string of the molecule is CN(C)c1ccc2c3c(ccc(N(C)C)c13)C=C2. The van der Waals surface area contributed by atoms with E-state index in [1.165, 1.54) is 33.3 Å². The van der Waals surface area contributed by atoms with E-state index in [1.807, 2.05) is 0 Å². The molecule has 1 aliphatic carbocycles. The predicted molar refractivity (Wildman–Crippen MR) is 81.5 cm³/mol. The zero-order chi connectivity index (χ0) is 12.9. The molecule has 0 saturated carbocycles. The predicted octanol–water partition coefficient (Wildman–Crippen LogP) is 3.46. The Labute approximate surface area is 108 Å². The smallest absolute Gasteiger partial charge is 0.0462 e. The first kappa shape index (κ1) is 11.1. The number of hydrogen-bond donors (Lipinski definition) is 0. The summed E-state index contributed by atoms with van der Waals surface area (Å²) in [4.78, 5) is 4.38. The van der Waals surface area contributed by atoms with Gasteiger partial charge in [-0.3, -0.25) is 0 Å². The van der Waals surface area contributed by atoms with Crippen LogP contribution in [-0.2, 0) is 0 Å². The van der Waals surface area contributed by atoms with Crippen molar-refractivity contribution in [3.63, 3.8) is 0 Å². The molecule has 0 aromatic heterocycles. The van der Waals surface area contributed by atoms with Crippen LogP contribution in [-0.4, -0.2) is 28.2 Å². The highest BCUT2D eigenvalue weighted by atomic mass is 15.1. The van der Waals surface area contributed by atoms with Crippen LogP contribution in [0.3, 0.4) is 0 Å². The second-order valence-electron chi connectivity index (χ2n) is 5.22. The highest BCUT2D eigenvalue weighted by molar-refractivity contribution is 6.14. The van der Waals surface area contributed by atoms with E-state index >= 15 is 0 Å². The quantitative estimate of drug-likeness (QED) is 0.674. The summed E-state index contributed by atoms with van der Waals surface area (Å²) in [7, 11) is 8.41. The molecule has 1 aliphatic rings. The Balaban J connectivity index is 2.47. The number of nitrogens with zero attached hydrogens (tertiary/aromatic N) is 2. The van der Waals surface area contributed by atoms with E-state index in [0.29, 0.717) is 0 Å². The van der Waals surface area contributed by atoms with Crippen LogP contribution in [0.1, 0.15) is 11.1 Å². The highest BCUT2D eigenvalue weighted by Gasteiger charge is 2.16. The molecule has 0 bridgehead atoms. The van der Waals surface area contributed by atoms with Crippen molar-refractivity contribution in [1.82, 2.24) is 0 Å². The molecule has 0 saturated heterocycles. The summed E-state index contributed by atoms with van der Waals surface area (Å²) in [5, 5.41) is 2.73. The summed E-state index contributed by atoms with van der Waals surface area (Å²) in [6.45, 7) is 0. The minimum atomic E-state index is 1.28. The van der Waals surface area contributed by atoms with E-state index in [4.69, 9.17) is 0 Å². The van der Waals surface area contributed by atoms with Gasteiger partial charge in [0.25, 0.3) is 0 Å². The van der Waals surface area contributed by atoms with Crippen molar-refractivity contribution in [2.24, 2.45) is 0 Å². The molecule has 92 valence electrons. The Morgan fingerprint density at radius 1 is 0.611 bits per heavy atom. The molecule has 0 atom stereocenters. The Kier molecular flexibility index (Phi) is 2.34. The second kappa shape index (κ2) is 3.77. The largest absolute Gasteiger partial charge is 0.377 e. The molecule has 3 rings (SSSR count). The molecule has 2 nitrogen and oxygen atoms in total. The number of rotatable bonds is 2. The van der Waals surface area contributed by atoms with Gasteiger partial charge in [0.15, 0.2) is 0 Å². The maximum atomic E-state index is 2.21. The summed E-state index contributed by atoms with van der Waals surface area (Å²) in [5.41, 5.74) is 5.22. The van der Waals surface area contributed by atoms with Gasteiger partial charge >= 0.3 is 0 Å². The van der Waals surface area contributed by atoms with Crippen LogP contribution >= 0.6 is 0 Å². The number of benzene rings is 2. The van der Waals surface area contributed by atoms with E-state index in [9.17, 15) is 0 Å². The third kappa shape index (κ3) is 1.42. The van der Waals surface area contributed by atoms with Crippen LogP contribution in [0.25, 0.3) is 22.9 Å². The van der Waals surface area contributed by atoms with Gasteiger partial charge in [-0.05, 0) is 23.3 Å². The van der Waals surface area contributed by atoms with Crippen LogP contribution < -0.4 is 9.80 Å². The molecule has 18 heavy (non-hydrogen) atoms. The molecule has 2 aromatic rings. The third-order valence-electron chi connectivity index (χ3n) is 3.59. The van der Waals surface area contributed by atoms with Crippen molar-refractivity contribution in [1.29, 1.82) is 0 Å². The lowest BCUT2D eigenvalue weighted by molar-refractivity contribution is 1.12. The number of hydrogen-bond acceptors (Lipinski definition) is 2. The van der Waals surface area contributed by atoms with E-state index in [1.54, 1.807) is 0 Å². The third-order valence-corrected chi connectivity index (χ3v) is 3.59.